The molecular weight excluding hydrogens is 200 g/mol. The Morgan fingerprint density at radius 3 is 2.50 bits per heavy atom. The maximum atomic E-state index is 10.2. The van der Waals surface area contributed by atoms with E-state index in [1.165, 1.54) is 0 Å². The van der Waals surface area contributed by atoms with Crippen molar-refractivity contribution in [1.82, 2.24) is 0 Å². The van der Waals surface area contributed by atoms with Gasteiger partial charge in [0.2, 0.25) is 0 Å². The third-order valence-electron chi connectivity index (χ3n) is 1.69. The molecule has 3 heteroatoms. The number of aliphatic carboxylic acids is 1. The molecule has 1 aromatic carbocycles. The van der Waals surface area contributed by atoms with Crippen LogP contribution in [0.15, 0.2) is 36.1 Å². The molecule has 0 aliphatic heterocycles. The monoisotopic (exact) mass is 208 g/mol. The largest absolute Gasteiger partial charge is 0.478 e. The van der Waals surface area contributed by atoms with Crippen molar-refractivity contribution in [2.45, 2.75) is 6.92 Å². The Hall–Kier alpha value is -1.50. The zero-order valence-electron chi connectivity index (χ0n) is 7.62. The lowest BCUT2D eigenvalue weighted by Crippen LogP contribution is -1.84. The van der Waals surface area contributed by atoms with Crippen LogP contribution in [0, 0.1) is 0 Å². The van der Waals surface area contributed by atoms with Gasteiger partial charge in [-0.05, 0) is 30.2 Å². The van der Waals surface area contributed by atoms with E-state index in [1.807, 2.05) is 12.1 Å². The molecule has 0 heterocycles. The topological polar surface area (TPSA) is 37.3 Å². The van der Waals surface area contributed by atoms with Gasteiger partial charge in [0.25, 0.3) is 0 Å². The summed E-state index contributed by atoms with van der Waals surface area (Å²) in [6, 6.07) is 7.15. The summed E-state index contributed by atoms with van der Waals surface area (Å²) in [6.45, 7) is 1.79. The Kier molecular flexibility index (Phi) is 3.52. The van der Waals surface area contributed by atoms with E-state index in [1.54, 1.807) is 19.1 Å². The van der Waals surface area contributed by atoms with Crippen LogP contribution in [0.25, 0.3) is 5.57 Å². The Bertz CT molecular complexity index is 398. The number of hydrogen-bond acceptors (Lipinski definition) is 1. The van der Waals surface area contributed by atoms with E-state index < -0.39 is 5.97 Å². The summed E-state index contributed by atoms with van der Waals surface area (Å²) in [5.74, 6) is -1.00. The lowest BCUT2D eigenvalue weighted by atomic mass is 10.1. The molecule has 0 fully saturated rings. The molecule has 0 saturated heterocycles. The maximum absolute atomic E-state index is 10.2. The first-order chi connectivity index (χ1) is 6.59. The summed E-state index contributed by atoms with van der Waals surface area (Å²) in [4.78, 5) is 10.2. The molecule has 0 amide bonds. The highest BCUT2D eigenvalue weighted by Gasteiger charge is 1.94. The normalized spacial score (nSPS) is 9.00. The molecular formula is C11H9ClO2. The van der Waals surface area contributed by atoms with Crippen LogP contribution < -0.4 is 0 Å². The van der Waals surface area contributed by atoms with E-state index in [9.17, 15) is 4.79 Å². The van der Waals surface area contributed by atoms with Gasteiger partial charge >= 0.3 is 5.97 Å². The lowest BCUT2D eigenvalue weighted by molar-refractivity contribution is -0.131. The molecule has 72 valence electrons. The first-order valence-electron chi connectivity index (χ1n) is 4.02. The fourth-order valence-corrected chi connectivity index (χ4v) is 1.08. The number of carboxylic acids is 1. The average Bonchev–Trinajstić information content (AvgIpc) is 2.15. The van der Waals surface area contributed by atoms with Crippen LogP contribution in [-0.2, 0) is 4.79 Å². The third kappa shape index (κ3) is 3.09. The van der Waals surface area contributed by atoms with Gasteiger partial charge in [0, 0.05) is 5.02 Å². The van der Waals surface area contributed by atoms with Crippen molar-refractivity contribution in [2.24, 2.45) is 0 Å². The van der Waals surface area contributed by atoms with E-state index in [2.05, 4.69) is 5.73 Å². The Labute approximate surface area is 87.1 Å². The van der Waals surface area contributed by atoms with Gasteiger partial charge in [0.05, 0.1) is 6.08 Å². The highest BCUT2D eigenvalue weighted by atomic mass is 35.5. The zero-order chi connectivity index (χ0) is 10.6. The zero-order valence-corrected chi connectivity index (χ0v) is 8.38. The fraction of sp³-hybridized carbons (Fsp3) is 0.0909. The van der Waals surface area contributed by atoms with E-state index in [-0.39, 0.29) is 0 Å². The molecule has 0 unspecified atom stereocenters. The smallest absolute Gasteiger partial charge is 0.336 e. The molecule has 1 aromatic rings. The van der Waals surface area contributed by atoms with Gasteiger partial charge in [-0.15, -0.1) is 5.73 Å². The SMILES string of the molecule is CC(=C=CC(=O)O)c1ccc(Cl)cc1. The molecule has 0 spiro atoms. The Morgan fingerprint density at radius 1 is 1.43 bits per heavy atom. The lowest BCUT2D eigenvalue weighted by Gasteiger charge is -1.97. The number of carboxylic acid groups (broad SMARTS) is 1. The Morgan fingerprint density at radius 2 is 2.00 bits per heavy atom. The Balaban J connectivity index is 3.00. The molecule has 0 aromatic heterocycles. The van der Waals surface area contributed by atoms with Crippen molar-refractivity contribution in [3.8, 4) is 0 Å². The number of rotatable bonds is 2. The molecule has 1 rings (SSSR count). The summed E-state index contributed by atoms with van der Waals surface area (Å²) in [7, 11) is 0. The summed E-state index contributed by atoms with van der Waals surface area (Å²) in [5.41, 5.74) is 4.34. The van der Waals surface area contributed by atoms with E-state index >= 15 is 0 Å². The highest BCUT2D eigenvalue weighted by molar-refractivity contribution is 6.30. The van der Waals surface area contributed by atoms with Gasteiger partial charge in [-0.1, -0.05) is 23.7 Å². The molecule has 0 radical (unpaired) electrons. The van der Waals surface area contributed by atoms with Crippen molar-refractivity contribution in [1.29, 1.82) is 0 Å². The summed E-state index contributed by atoms with van der Waals surface area (Å²) >= 11 is 5.71. The van der Waals surface area contributed by atoms with E-state index in [0.29, 0.717) is 5.02 Å². The van der Waals surface area contributed by atoms with Crippen LogP contribution in [0.1, 0.15) is 12.5 Å². The van der Waals surface area contributed by atoms with Gasteiger partial charge in [-0.25, -0.2) is 4.79 Å². The van der Waals surface area contributed by atoms with Gasteiger partial charge in [-0.2, -0.15) is 0 Å². The van der Waals surface area contributed by atoms with Gasteiger partial charge < -0.3 is 5.11 Å². The van der Waals surface area contributed by atoms with E-state index in [0.717, 1.165) is 17.2 Å². The van der Waals surface area contributed by atoms with E-state index in [4.69, 9.17) is 16.7 Å². The standard InChI is InChI=1S/C11H9ClO2/c1-8(2-7-11(13)14)9-3-5-10(12)6-4-9/h3-7H,1H3,(H,13,14). The molecule has 14 heavy (non-hydrogen) atoms. The van der Waals surface area contributed by atoms with Gasteiger partial charge in [-0.3, -0.25) is 0 Å². The first-order valence-corrected chi connectivity index (χ1v) is 4.39. The summed E-state index contributed by atoms with van der Waals surface area (Å²) in [5, 5.41) is 9.06. The molecule has 2 nitrogen and oxygen atoms in total. The average molecular weight is 209 g/mol. The highest BCUT2D eigenvalue weighted by Crippen LogP contribution is 2.15. The van der Waals surface area contributed by atoms with Crippen LogP contribution in [-0.4, -0.2) is 11.1 Å². The third-order valence-corrected chi connectivity index (χ3v) is 1.94. The van der Waals surface area contributed by atoms with Crippen LogP contribution >= 0.6 is 11.6 Å². The molecule has 0 atom stereocenters. The summed E-state index contributed by atoms with van der Waals surface area (Å²) in [6.07, 6.45) is 0.990. The van der Waals surface area contributed by atoms with Crippen molar-refractivity contribution in [3.63, 3.8) is 0 Å². The number of halogens is 1. The van der Waals surface area contributed by atoms with Crippen LogP contribution in [0.4, 0.5) is 0 Å². The first kappa shape index (κ1) is 10.6. The number of carbonyl (C=O) groups is 1. The molecule has 0 saturated carbocycles. The quantitative estimate of drug-likeness (QED) is 0.599. The van der Waals surface area contributed by atoms with Crippen molar-refractivity contribution >= 4 is 23.1 Å². The van der Waals surface area contributed by atoms with Gasteiger partial charge in [0.15, 0.2) is 0 Å². The van der Waals surface area contributed by atoms with Crippen molar-refractivity contribution in [3.05, 3.63) is 46.7 Å². The van der Waals surface area contributed by atoms with Crippen molar-refractivity contribution in [2.75, 3.05) is 0 Å². The second-order valence-corrected chi connectivity index (χ2v) is 3.20. The second kappa shape index (κ2) is 4.66. The molecule has 1 N–H and O–H groups in total. The molecule has 0 aliphatic carbocycles. The molecule has 0 bridgehead atoms. The van der Waals surface area contributed by atoms with Crippen LogP contribution in [0.3, 0.4) is 0 Å². The minimum absolute atomic E-state index is 0.656. The summed E-state index contributed by atoms with van der Waals surface area (Å²) < 4.78 is 0. The van der Waals surface area contributed by atoms with Crippen LogP contribution in [0.2, 0.25) is 5.02 Å². The second-order valence-electron chi connectivity index (χ2n) is 2.76. The van der Waals surface area contributed by atoms with Crippen LogP contribution in [0.5, 0.6) is 0 Å². The van der Waals surface area contributed by atoms with Gasteiger partial charge in [0.1, 0.15) is 0 Å². The minimum atomic E-state index is -1.00. The fourth-order valence-electron chi connectivity index (χ4n) is 0.953. The number of hydrogen-bond donors (Lipinski definition) is 1. The van der Waals surface area contributed by atoms with Crippen molar-refractivity contribution < 1.29 is 9.90 Å². The molecule has 0 aliphatic rings. The predicted molar refractivity (Wildman–Crippen MR) is 56.3 cm³/mol. The predicted octanol–water partition coefficient (Wildman–Crippen LogP) is 2.98. The maximum Gasteiger partial charge on any atom is 0.336 e. The minimum Gasteiger partial charge on any atom is -0.478 e. The number of benzene rings is 1.